The van der Waals surface area contributed by atoms with E-state index in [2.05, 4.69) is 15.1 Å². The predicted molar refractivity (Wildman–Crippen MR) is 83.8 cm³/mol. The molecule has 2 aromatic rings. The van der Waals surface area contributed by atoms with Crippen LogP contribution in [0.25, 0.3) is 11.0 Å². The second kappa shape index (κ2) is 5.09. The molecule has 4 rings (SSSR count). The molecule has 2 saturated heterocycles. The first-order chi connectivity index (χ1) is 11.8. The second-order valence-electron chi connectivity index (χ2n) is 6.59. The first kappa shape index (κ1) is 14.5. The summed E-state index contributed by atoms with van der Waals surface area (Å²) in [6, 6.07) is 0. The molecule has 0 aliphatic carbocycles. The summed E-state index contributed by atoms with van der Waals surface area (Å²) in [6.45, 7) is 5.29. The first-order valence-electron chi connectivity index (χ1n) is 8.50. The molecule has 0 radical (unpaired) electrons. The Morgan fingerprint density at radius 2 is 2.12 bits per heavy atom. The lowest BCUT2D eigenvalue weighted by Gasteiger charge is -2.23. The highest BCUT2D eigenvalue weighted by atomic mass is 16.8. The van der Waals surface area contributed by atoms with E-state index in [4.69, 9.17) is 21.3 Å². The van der Waals surface area contributed by atoms with Crippen LogP contribution in [0.1, 0.15) is 47.1 Å². The number of anilines is 1. The molecule has 0 bridgehead atoms. The SMILES string of the molecule is [3H]C[C@H]1O[C@@H](n2nc(C(C)O)c3c(N)ncnc32)[C@@H]2OC(C)(C)O[C@@H]21. The van der Waals surface area contributed by atoms with E-state index in [0.29, 0.717) is 16.7 Å². The monoisotopic (exact) mass is 337 g/mol. The summed E-state index contributed by atoms with van der Waals surface area (Å²) < 4.78 is 27.2. The van der Waals surface area contributed by atoms with Gasteiger partial charge in [0.05, 0.1) is 17.6 Å². The Morgan fingerprint density at radius 3 is 2.83 bits per heavy atom. The van der Waals surface area contributed by atoms with Crippen LogP contribution in [0.5, 0.6) is 0 Å². The van der Waals surface area contributed by atoms with Crippen molar-refractivity contribution in [1.29, 1.82) is 0 Å². The van der Waals surface area contributed by atoms with Crippen molar-refractivity contribution in [3.63, 3.8) is 0 Å². The quantitative estimate of drug-likeness (QED) is 0.830. The fraction of sp³-hybridized carbons (Fsp3) is 0.667. The number of hydrogen-bond donors (Lipinski definition) is 2. The molecule has 2 aliphatic rings. The number of aliphatic hydroxyl groups excluding tert-OH is 1. The molecule has 24 heavy (non-hydrogen) atoms. The summed E-state index contributed by atoms with van der Waals surface area (Å²) in [5, 5.41) is 15.0. The van der Waals surface area contributed by atoms with Crippen LogP contribution in [0.15, 0.2) is 6.33 Å². The normalized spacial score (nSPS) is 33.6. The van der Waals surface area contributed by atoms with Gasteiger partial charge in [-0.15, -0.1) is 0 Å². The minimum Gasteiger partial charge on any atom is -0.387 e. The minimum absolute atomic E-state index is 0.0384. The number of nitrogens with zero attached hydrogens (tertiary/aromatic N) is 4. The highest BCUT2D eigenvalue weighted by Gasteiger charge is 2.55. The number of ether oxygens (including phenoxy) is 3. The molecule has 5 atom stereocenters. The summed E-state index contributed by atoms with van der Waals surface area (Å²) in [7, 11) is 0. The lowest BCUT2D eigenvalue weighted by molar-refractivity contribution is -0.195. The van der Waals surface area contributed by atoms with Gasteiger partial charge < -0.3 is 25.1 Å². The van der Waals surface area contributed by atoms with Crippen LogP contribution in [0, 0.1) is 0 Å². The van der Waals surface area contributed by atoms with Crippen LogP contribution >= 0.6 is 0 Å². The van der Waals surface area contributed by atoms with Crippen molar-refractivity contribution in [1.82, 2.24) is 19.7 Å². The van der Waals surface area contributed by atoms with Crippen molar-refractivity contribution in [3.8, 4) is 0 Å². The molecule has 9 heteroatoms. The maximum Gasteiger partial charge on any atom is 0.181 e. The van der Waals surface area contributed by atoms with E-state index in [0.717, 1.165) is 0 Å². The van der Waals surface area contributed by atoms with E-state index in [1.54, 1.807) is 11.6 Å². The smallest absolute Gasteiger partial charge is 0.181 e. The Labute approximate surface area is 140 Å². The Hall–Kier alpha value is -1.81. The standard InChI is InChI=1S/C15H21N5O4/c1-6(21)9-8-12(16)17-5-18-13(8)20(19-9)14-11-10(7(2)22-14)23-15(3,4)24-11/h5-7,10-11,14,21H,1-4H3,(H2,16,17,18)/t6?,7-,10-,11-,14-/m1/s1/i2T. The molecule has 2 aromatic heterocycles. The molecule has 1 unspecified atom stereocenters. The number of nitrogen functional groups attached to an aromatic ring is 1. The average Bonchev–Trinajstić information content (AvgIpc) is 3.16. The third-order valence-corrected chi connectivity index (χ3v) is 4.31. The molecule has 0 spiro atoms. The lowest BCUT2D eigenvalue weighted by Crippen LogP contribution is -2.28. The summed E-state index contributed by atoms with van der Waals surface area (Å²) in [5.41, 5.74) is 6.79. The maximum atomic E-state index is 10.1. The van der Waals surface area contributed by atoms with Gasteiger partial charge in [0.2, 0.25) is 0 Å². The molecule has 0 amide bonds. The van der Waals surface area contributed by atoms with Crippen LogP contribution < -0.4 is 5.73 Å². The lowest BCUT2D eigenvalue weighted by atomic mass is 10.1. The number of fused-ring (bicyclic) bond motifs is 2. The van der Waals surface area contributed by atoms with Crippen LogP contribution in [-0.4, -0.2) is 49.0 Å². The van der Waals surface area contributed by atoms with Gasteiger partial charge in [-0.1, -0.05) is 0 Å². The van der Waals surface area contributed by atoms with Crippen molar-refractivity contribution in [3.05, 3.63) is 12.0 Å². The van der Waals surface area contributed by atoms with Crippen molar-refractivity contribution < 1.29 is 20.7 Å². The first-order valence-corrected chi connectivity index (χ1v) is 7.79. The Morgan fingerprint density at radius 1 is 1.38 bits per heavy atom. The molecule has 2 aliphatic heterocycles. The maximum absolute atomic E-state index is 10.1. The fourth-order valence-corrected chi connectivity index (χ4v) is 3.35. The summed E-state index contributed by atoms with van der Waals surface area (Å²) in [6.07, 6.45) is -1.39. The Bertz CT molecular complexity index is 811. The molecule has 4 heterocycles. The molecule has 0 aromatic carbocycles. The zero-order valence-corrected chi connectivity index (χ0v) is 13.7. The number of aromatic nitrogens is 4. The fourth-order valence-electron chi connectivity index (χ4n) is 3.35. The van der Waals surface area contributed by atoms with Gasteiger partial charge in [0.1, 0.15) is 30.0 Å². The molecule has 2 fully saturated rings. The Balaban J connectivity index is 1.83. The van der Waals surface area contributed by atoms with Gasteiger partial charge in [-0.3, -0.25) is 0 Å². The van der Waals surface area contributed by atoms with Gasteiger partial charge >= 0.3 is 0 Å². The van der Waals surface area contributed by atoms with Crippen molar-refractivity contribution in [2.24, 2.45) is 0 Å². The van der Waals surface area contributed by atoms with E-state index in [1.807, 2.05) is 13.8 Å². The van der Waals surface area contributed by atoms with Crippen molar-refractivity contribution in [2.75, 3.05) is 5.73 Å². The van der Waals surface area contributed by atoms with Crippen LogP contribution in [-0.2, 0) is 14.2 Å². The van der Waals surface area contributed by atoms with Crippen LogP contribution in [0.4, 0.5) is 5.82 Å². The zero-order valence-electron chi connectivity index (χ0n) is 14.7. The molecule has 3 N–H and O–H groups in total. The number of aliphatic hydroxyl groups is 1. The average molecular weight is 337 g/mol. The molecule has 0 saturated carbocycles. The molecule has 9 nitrogen and oxygen atoms in total. The topological polar surface area (TPSA) is 118 Å². The molecule has 130 valence electrons. The minimum atomic E-state index is -0.849. The Kier molecular flexibility index (Phi) is 3.08. The van der Waals surface area contributed by atoms with E-state index >= 15 is 0 Å². The van der Waals surface area contributed by atoms with Crippen molar-refractivity contribution >= 4 is 16.9 Å². The van der Waals surface area contributed by atoms with Gasteiger partial charge in [0.25, 0.3) is 0 Å². The van der Waals surface area contributed by atoms with Gasteiger partial charge in [0.15, 0.2) is 17.7 Å². The largest absolute Gasteiger partial charge is 0.387 e. The van der Waals surface area contributed by atoms with Crippen molar-refractivity contribution in [2.45, 2.75) is 64.1 Å². The third kappa shape index (κ3) is 2.20. The van der Waals surface area contributed by atoms with E-state index < -0.39 is 30.3 Å². The van der Waals surface area contributed by atoms with E-state index in [1.165, 1.54) is 6.33 Å². The van der Waals surface area contributed by atoms with Gasteiger partial charge in [-0.05, 0) is 27.7 Å². The molecular weight excluding hydrogens is 314 g/mol. The number of hydrogen-bond acceptors (Lipinski definition) is 8. The second-order valence-corrected chi connectivity index (χ2v) is 6.59. The third-order valence-electron chi connectivity index (χ3n) is 4.31. The van der Waals surface area contributed by atoms with E-state index in [9.17, 15) is 5.11 Å². The van der Waals surface area contributed by atoms with Gasteiger partial charge in [-0.25, -0.2) is 14.6 Å². The summed E-state index contributed by atoms with van der Waals surface area (Å²) >= 11 is 0. The van der Waals surface area contributed by atoms with E-state index in [-0.39, 0.29) is 18.8 Å². The highest BCUT2D eigenvalue weighted by Crippen LogP contribution is 2.44. The zero-order chi connectivity index (χ0) is 17.9. The summed E-state index contributed by atoms with van der Waals surface area (Å²) in [5.74, 6) is -0.530. The molecular formula is C15H21N5O4. The number of nitrogens with two attached hydrogens (primary N) is 1. The highest BCUT2D eigenvalue weighted by molar-refractivity contribution is 5.88. The van der Waals surface area contributed by atoms with Gasteiger partial charge in [-0.2, -0.15) is 5.10 Å². The van der Waals surface area contributed by atoms with Crippen LogP contribution in [0.2, 0.25) is 0 Å². The predicted octanol–water partition coefficient (Wildman–Crippen LogP) is 0.899. The number of rotatable bonds is 2. The van der Waals surface area contributed by atoms with Gasteiger partial charge in [0, 0.05) is 1.37 Å². The van der Waals surface area contributed by atoms with Crippen LogP contribution in [0.3, 0.4) is 0 Å². The summed E-state index contributed by atoms with van der Waals surface area (Å²) in [4.78, 5) is 8.25.